The van der Waals surface area contributed by atoms with Crippen molar-refractivity contribution in [1.82, 2.24) is 5.32 Å². The molecule has 0 aromatic carbocycles. The van der Waals surface area contributed by atoms with Gasteiger partial charge < -0.3 is 28.8 Å². The van der Waals surface area contributed by atoms with Gasteiger partial charge in [0.25, 0.3) is 7.82 Å². The van der Waals surface area contributed by atoms with Gasteiger partial charge in [0, 0.05) is 6.42 Å². The number of allylic oxidation sites excluding steroid dienone is 16. The van der Waals surface area contributed by atoms with Gasteiger partial charge in [0.05, 0.1) is 39.9 Å². The Morgan fingerprint density at radius 3 is 1.16 bits per heavy atom. The van der Waals surface area contributed by atoms with E-state index in [9.17, 15) is 19.4 Å². The maximum absolute atomic E-state index is 13.0. The zero-order valence-corrected chi connectivity index (χ0v) is 51.8. The summed E-state index contributed by atoms with van der Waals surface area (Å²) in [6.07, 6.45) is 83.1. The average molecular weight is 1100 g/mol. The van der Waals surface area contributed by atoms with Crippen LogP contribution in [-0.4, -0.2) is 68.5 Å². The zero-order valence-electron chi connectivity index (χ0n) is 50.9. The van der Waals surface area contributed by atoms with E-state index in [2.05, 4.69) is 116 Å². The van der Waals surface area contributed by atoms with Gasteiger partial charge >= 0.3 is 0 Å². The minimum atomic E-state index is -4.59. The molecular weight excluding hydrogens is 972 g/mol. The first kappa shape index (κ1) is 74.4. The van der Waals surface area contributed by atoms with Crippen molar-refractivity contribution >= 4 is 13.7 Å². The molecule has 77 heavy (non-hydrogen) atoms. The highest BCUT2D eigenvalue weighted by Gasteiger charge is 2.24. The highest BCUT2D eigenvalue weighted by atomic mass is 31.2. The maximum atomic E-state index is 13.0. The first-order valence-electron chi connectivity index (χ1n) is 32.1. The molecule has 0 aliphatic rings. The number of nitrogens with one attached hydrogen (secondary N) is 1. The van der Waals surface area contributed by atoms with E-state index in [1.165, 1.54) is 148 Å². The lowest BCUT2D eigenvalue weighted by atomic mass is 10.0. The summed E-state index contributed by atoms with van der Waals surface area (Å²) in [5.74, 6) is -0.190. The molecule has 0 spiro atoms. The molecule has 2 N–H and O–H groups in total. The predicted molar refractivity (Wildman–Crippen MR) is 334 cm³/mol. The molecular formula is C68H123N2O6P. The van der Waals surface area contributed by atoms with Crippen molar-refractivity contribution in [1.29, 1.82) is 0 Å². The van der Waals surface area contributed by atoms with Crippen LogP contribution in [0.2, 0.25) is 0 Å². The van der Waals surface area contributed by atoms with Gasteiger partial charge in [0.15, 0.2) is 0 Å². The van der Waals surface area contributed by atoms with Crippen LogP contribution in [0.1, 0.15) is 277 Å². The molecule has 3 atom stereocenters. The van der Waals surface area contributed by atoms with Crippen molar-refractivity contribution in [2.45, 2.75) is 289 Å². The molecule has 0 fully saturated rings. The number of carbonyl (C=O) groups excluding carboxylic acids is 1. The second kappa shape index (κ2) is 58.1. The number of phosphoric acid groups is 1. The molecule has 0 saturated heterocycles. The van der Waals surface area contributed by atoms with E-state index >= 15 is 0 Å². The highest BCUT2D eigenvalue weighted by molar-refractivity contribution is 7.45. The van der Waals surface area contributed by atoms with Crippen LogP contribution in [0.5, 0.6) is 0 Å². The monoisotopic (exact) mass is 1090 g/mol. The first-order chi connectivity index (χ1) is 37.5. The number of carbonyl (C=O) groups is 1. The maximum Gasteiger partial charge on any atom is 0.268 e. The lowest BCUT2D eigenvalue weighted by Gasteiger charge is -2.30. The van der Waals surface area contributed by atoms with Crippen LogP contribution < -0.4 is 10.2 Å². The second-order valence-electron chi connectivity index (χ2n) is 22.7. The van der Waals surface area contributed by atoms with Crippen LogP contribution in [0, 0.1) is 0 Å². The fourth-order valence-electron chi connectivity index (χ4n) is 9.12. The summed E-state index contributed by atoms with van der Waals surface area (Å²) in [4.78, 5) is 25.6. The molecule has 0 aromatic heterocycles. The quantitative estimate of drug-likeness (QED) is 0.0272. The Bertz CT molecular complexity index is 1570. The number of amides is 1. The number of phosphoric ester groups is 1. The van der Waals surface area contributed by atoms with Crippen LogP contribution in [0.25, 0.3) is 0 Å². The fraction of sp³-hybridized carbons (Fsp3) is 0.750. The number of unbranched alkanes of at least 4 members (excludes halogenated alkanes) is 29. The lowest BCUT2D eigenvalue weighted by molar-refractivity contribution is -0.870. The molecule has 0 aromatic rings. The third-order valence-corrected chi connectivity index (χ3v) is 15.1. The Balaban J connectivity index is 4.20. The van der Waals surface area contributed by atoms with Crippen LogP contribution in [-0.2, 0) is 18.4 Å². The van der Waals surface area contributed by atoms with Crippen LogP contribution >= 0.6 is 7.82 Å². The number of nitrogens with zero attached hydrogens (tertiary/aromatic N) is 1. The van der Waals surface area contributed by atoms with E-state index in [0.717, 1.165) is 103 Å². The van der Waals surface area contributed by atoms with E-state index in [0.29, 0.717) is 23.9 Å². The molecule has 1 amide bonds. The Morgan fingerprint density at radius 1 is 0.468 bits per heavy atom. The van der Waals surface area contributed by atoms with E-state index in [-0.39, 0.29) is 19.1 Å². The highest BCUT2D eigenvalue weighted by Crippen LogP contribution is 2.38. The first-order valence-corrected chi connectivity index (χ1v) is 33.5. The summed E-state index contributed by atoms with van der Waals surface area (Å²) in [5.41, 5.74) is 0. The number of hydrogen-bond donors (Lipinski definition) is 2. The van der Waals surface area contributed by atoms with Gasteiger partial charge in [-0.1, -0.05) is 291 Å². The van der Waals surface area contributed by atoms with Crippen LogP contribution in [0.4, 0.5) is 0 Å². The van der Waals surface area contributed by atoms with Gasteiger partial charge in [0.1, 0.15) is 13.2 Å². The van der Waals surface area contributed by atoms with Crippen LogP contribution in [0.15, 0.2) is 97.2 Å². The van der Waals surface area contributed by atoms with Crippen LogP contribution in [0.3, 0.4) is 0 Å². The topological polar surface area (TPSA) is 108 Å². The number of quaternary nitrogens is 1. The summed E-state index contributed by atoms with van der Waals surface area (Å²) in [5, 5.41) is 14.1. The number of likely N-dealkylation sites (N-methyl/N-ethyl adjacent to an activating group) is 1. The number of rotatable bonds is 58. The van der Waals surface area contributed by atoms with Gasteiger partial charge in [-0.2, -0.15) is 0 Å². The molecule has 0 radical (unpaired) electrons. The predicted octanol–water partition coefficient (Wildman–Crippen LogP) is 19.5. The Hall–Kier alpha value is -2.58. The lowest BCUT2D eigenvalue weighted by Crippen LogP contribution is -2.46. The Morgan fingerprint density at radius 2 is 0.792 bits per heavy atom. The summed E-state index contributed by atoms with van der Waals surface area (Å²) >= 11 is 0. The number of hydrogen-bond acceptors (Lipinski definition) is 6. The normalized spacial score (nSPS) is 14.4. The van der Waals surface area contributed by atoms with Crippen molar-refractivity contribution in [3.05, 3.63) is 97.2 Å². The van der Waals surface area contributed by atoms with Crippen molar-refractivity contribution in [3.63, 3.8) is 0 Å². The fourth-order valence-corrected chi connectivity index (χ4v) is 9.84. The van der Waals surface area contributed by atoms with Gasteiger partial charge in [-0.15, -0.1) is 0 Å². The average Bonchev–Trinajstić information content (AvgIpc) is 3.39. The zero-order chi connectivity index (χ0) is 56.3. The van der Waals surface area contributed by atoms with E-state index < -0.39 is 20.0 Å². The SMILES string of the molecule is CC/C=C\C/C=C\C/C=C\C/C=C\C/C=C\C/C=C\C/C=C\C/C=C\CCCCCCC(=O)NC(COP(=O)([O-])OCC[N+](C)(C)C)C(O)CCCCCCCCCCCCCCCCCCCCCCCCCCCC. The summed E-state index contributed by atoms with van der Waals surface area (Å²) in [6, 6.07) is -0.823. The van der Waals surface area contributed by atoms with Crippen molar-refractivity contribution in [2.75, 3.05) is 40.9 Å². The van der Waals surface area contributed by atoms with Gasteiger partial charge in [-0.05, 0) is 77.0 Å². The second-order valence-corrected chi connectivity index (χ2v) is 24.2. The van der Waals surface area contributed by atoms with Gasteiger partial charge in [-0.3, -0.25) is 9.36 Å². The standard InChI is InChI=1S/C68H123N2O6P/c1-6-8-10-12-14-16-18-20-22-24-26-28-30-32-34-35-36-38-40-42-44-46-48-50-52-54-56-58-60-62-68(72)69-66(65-76-77(73,74)75-64-63-70(3,4)5)67(71)61-59-57-55-53-51-49-47-45-43-41-39-37-33-31-29-27-25-23-21-19-17-15-13-11-9-7-2/h8,10,14,16,20,22,26,28,32,34,36,38,42,44,48,50,66-67,71H,6-7,9,11-13,15,17-19,21,23-25,27,29-31,33,35,37,39-41,43,45-47,49,51-65H2,1-5H3,(H-,69,72,73,74)/b10-8-,16-14-,22-20-,28-26-,34-32-,38-36-,44-42-,50-48-. The molecule has 0 saturated carbocycles. The smallest absolute Gasteiger partial charge is 0.268 e. The van der Waals surface area contributed by atoms with E-state index in [4.69, 9.17) is 9.05 Å². The van der Waals surface area contributed by atoms with Crippen molar-refractivity contribution in [2.24, 2.45) is 0 Å². The van der Waals surface area contributed by atoms with Crippen molar-refractivity contribution in [3.8, 4) is 0 Å². The summed E-state index contributed by atoms with van der Waals surface area (Å²) in [6.45, 7) is 4.61. The molecule has 446 valence electrons. The summed E-state index contributed by atoms with van der Waals surface area (Å²) in [7, 11) is 1.28. The number of aliphatic hydroxyl groups is 1. The molecule has 0 heterocycles. The molecule has 8 nitrogen and oxygen atoms in total. The van der Waals surface area contributed by atoms with Gasteiger partial charge in [0.2, 0.25) is 5.91 Å². The third-order valence-electron chi connectivity index (χ3n) is 14.1. The third kappa shape index (κ3) is 60.9. The summed E-state index contributed by atoms with van der Waals surface area (Å²) < 4.78 is 23.5. The Kier molecular flexibility index (Phi) is 56.1. The molecule has 0 aliphatic carbocycles. The molecule has 0 rings (SSSR count). The molecule has 9 heteroatoms. The number of aliphatic hydroxyl groups excluding tert-OH is 1. The van der Waals surface area contributed by atoms with E-state index in [1.807, 2.05) is 21.1 Å². The molecule has 0 bridgehead atoms. The minimum absolute atomic E-state index is 0.00200. The largest absolute Gasteiger partial charge is 0.756 e. The molecule has 0 aliphatic heterocycles. The van der Waals surface area contributed by atoms with E-state index in [1.54, 1.807) is 0 Å². The van der Waals surface area contributed by atoms with Gasteiger partial charge in [-0.25, -0.2) is 0 Å². The minimum Gasteiger partial charge on any atom is -0.756 e. The van der Waals surface area contributed by atoms with Crippen molar-refractivity contribution < 1.29 is 32.9 Å². The Labute approximate surface area is 477 Å². The molecule has 3 unspecified atom stereocenters.